The monoisotopic (exact) mass is 298 g/mol. The maximum atomic E-state index is 12.4. The van der Waals surface area contributed by atoms with E-state index in [9.17, 15) is 8.42 Å². The van der Waals surface area contributed by atoms with Crippen molar-refractivity contribution in [1.82, 2.24) is 9.21 Å². The van der Waals surface area contributed by atoms with Gasteiger partial charge in [0.25, 0.3) is 0 Å². The lowest BCUT2D eigenvalue weighted by Crippen LogP contribution is -2.48. The van der Waals surface area contributed by atoms with E-state index in [1.807, 2.05) is 0 Å². The molecule has 1 aliphatic heterocycles. The summed E-state index contributed by atoms with van der Waals surface area (Å²) in [5, 5.41) is 18.0. The fourth-order valence-electron chi connectivity index (χ4n) is 2.25. The third-order valence-corrected chi connectivity index (χ3v) is 5.51. The maximum absolute atomic E-state index is 12.4. The Morgan fingerprint density at radius 3 is 2.10 bits per heavy atom. The summed E-state index contributed by atoms with van der Waals surface area (Å²) < 4.78 is 26.4. The highest BCUT2D eigenvalue weighted by Crippen LogP contribution is 2.16. The lowest BCUT2D eigenvalue weighted by Gasteiger charge is -2.33. The normalized spacial score (nSPS) is 18.1. The number of piperazine rings is 1. The summed E-state index contributed by atoms with van der Waals surface area (Å²) in [6, 6.07) is 5.66. The van der Waals surface area contributed by atoms with Crippen LogP contribution in [-0.2, 0) is 10.0 Å². The Bertz CT molecular complexity index is 539. The van der Waals surface area contributed by atoms with Crippen molar-refractivity contribution in [2.24, 2.45) is 0 Å². The number of hydrogen-bond donors (Lipinski definition) is 2. The molecule has 0 amide bonds. The van der Waals surface area contributed by atoms with Crippen LogP contribution in [0, 0.1) is 0 Å². The fourth-order valence-corrected chi connectivity index (χ4v) is 3.67. The van der Waals surface area contributed by atoms with Crippen molar-refractivity contribution in [1.29, 1.82) is 0 Å². The fraction of sp³-hybridized carbons (Fsp3) is 0.500. The number of benzene rings is 1. The first-order valence-corrected chi connectivity index (χ1v) is 8.07. The molecule has 0 radical (unpaired) electrons. The van der Waals surface area contributed by atoms with Gasteiger partial charge in [-0.3, -0.25) is 0 Å². The van der Waals surface area contributed by atoms with Gasteiger partial charge in [-0.2, -0.15) is 4.31 Å². The summed E-state index contributed by atoms with van der Waals surface area (Å²) in [6.07, 6.45) is 0. The van der Waals surface area contributed by atoms with Gasteiger partial charge >= 0.3 is 7.12 Å². The summed E-state index contributed by atoms with van der Waals surface area (Å²) in [4.78, 5) is 2.39. The minimum Gasteiger partial charge on any atom is -0.423 e. The van der Waals surface area contributed by atoms with E-state index < -0.39 is 17.1 Å². The minimum atomic E-state index is -3.49. The first-order chi connectivity index (χ1) is 9.45. The predicted octanol–water partition coefficient (Wildman–Crippen LogP) is -1.31. The Hall–Kier alpha value is -0.925. The molecule has 110 valence electrons. The number of hydrogen-bond acceptors (Lipinski definition) is 5. The molecule has 1 heterocycles. The molecule has 1 aliphatic rings. The van der Waals surface area contributed by atoms with Gasteiger partial charge in [-0.05, 0) is 24.1 Å². The van der Waals surface area contributed by atoms with Crippen molar-refractivity contribution in [2.45, 2.75) is 11.8 Å². The minimum absolute atomic E-state index is 0.187. The second-order valence-electron chi connectivity index (χ2n) is 4.78. The van der Waals surface area contributed by atoms with Gasteiger partial charge in [0.15, 0.2) is 0 Å². The van der Waals surface area contributed by atoms with E-state index in [2.05, 4.69) is 11.8 Å². The number of sulfonamides is 1. The van der Waals surface area contributed by atoms with Crippen molar-refractivity contribution < 1.29 is 18.5 Å². The average Bonchev–Trinajstić information content (AvgIpc) is 2.47. The van der Waals surface area contributed by atoms with E-state index in [-0.39, 0.29) is 10.4 Å². The third kappa shape index (κ3) is 3.21. The highest BCUT2D eigenvalue weighted by molar-refractivity contribution is 7.89. The number of rotatable bonds is 4. The average molecular weight is 298 g/mol. The Morgan fingerprint density at radius 2 is 1.65 bits per heavy atom. The molecule has 8 heteroatoms. The van der Waals surface area contributed by atoms with Crippen LogP contribution in [0.2, 0.25) is 0 Å². The molecule has 0 aromatic heterocycles. The summed E-state index contributed by atoms with van der Waals surface area (Å²) in [5.41, 5.74) is 0.278. The first-order valence-electron chi connectivity index (χ1n) is 6.63. The van der Waals surface area contributed by atoms with Gasteiger partial charge in [-0.15, -0.1) is 0 Å². The van der Waals surface area contributed by atoms with E-state index >= 15 is 0 Å². The second kappa shape index (κ2) is 6.23. The molecule has 2 N–H and O–H groups in total. The predicted molar refractivity (Wildman–Crippen MR) is 77.1 cm³/mol. The highest BCUT2D eigenvalue weighted by Gasteiger charge is 2.28. The molecular formula is C12H19BN2O4S. The van der Waals surface area contributed by atoms with Crippen LogP contribution in [0.5, 0.6) is 0 Å². The van der Waals surface area contributed by atoms with Crippen LogP contribution in [0.25, 0.3) is 0 Å². The molecule has 0 spiro atoms. The third-order valence-electron chi connectivity index (χ3n) is 3.59. The molecule has 1 saturated heterocycles. The van der Waals surface area contributed by atoms with Gasteiger partial charge in [0.05, 0.1) is 4.90 Å². The van der Waals surface area contributed by atoms with Crippen molar-refractivity contribution >= 4 is 22.6 Å². The molecule has 0 aliphatic carbocycles. The highest BCUT2D eigenvalue weighted by atomic mass is 32.2. The summed E-state index contributed by atoms with van der Waals surface area (Å²) in [6.45, 7) is 5.44. The Labute approximate surface area is 119 Å². The van der Waals surface area contributed by atoms with Crippen LogP contribution < -0.4 is 5.46 Å². The van der Waals surface area contributed by atoms with E-state index in [1.54, 1.807) is 0 Å². The van der Waals surface area contributed by atoms with Crippen molar-refractivity contribution in [3.63, 3.8) is 0 Å². The zero-order chi connectivity index (χ0) is 14.8. The van der Waals surface area contributed by atoms with E-state index in [0.717, 1.165) is 19.6 Å². The second-order valence-corrected chi connectivity index (χ2v) is 6.72. The van der Waals surface area contributed by atoms with Crippen LogP contribution in [0.3, 0.4) is 0 Å². The Kier molecular flexibility index (Phi) is 4.82. The standard InChI is InChI=1S/C12H19BN2O4S/c1-2-14-7-9-15(10-8-14)20(18,19)12-5-3-11(4-6-12)13(16)17/h3-6,16-17H,2,7-10H2,1H3. The molecule has 6 nitrogen and oxygen atoms in total. The zero-order valence-electron chi connectivity index (χ0n) is 11.4. The lowest BCUT2D eigenvalue weighted by molar-refractivity contribution is 0.196. The van der Waals surface area contributed by atoms with Crippen LogP contribution >= 0.6 is 0 Å². The van der Waals surface area contributed by atoms with Crippen LogP contribution in [-0.4, -0.2) is 67.5 Å². The van der Waals surface area contributed by atoms with Crippen LogP contribution in [0.4, 0.5) is 0 Å². The van der Waals surface area contributed by atoms with Gasteiger partial charge in [-0.25, -0.2) is 8.42 Å². The van der Waals surface area contributed by atoms with Crippen LogP contribution in [0.1, 0.15) is 6.92 Å². The smallest absolute Gasteiger partial charge is 0.423 e. The largest absolute Gasteiger partial charge is 0.488 e. The summed E-state index contributed by atoms with van der Waals surface area (Å²) >= 11 is 0. The molecule has 0 atom stereocenters. The molecule has 0 unspecified atom stereocenters. The topological polar surface area (TPSA) is 81.1 Å². The van der Waals surface area contributed by atoms with Gasteiger partial charge < -0.3 is 14.9 Å². The lowest BCUT2D eigenvalue weighted by atomic mass is 9.81. The van der Waals surface area contributed by atoms with Crippen LogP contribution in [0.15, 0.2) is 29.2 Å². The van der Waals surface area contributed by atoms with Crippen molar-refractivity contribution in [3.8, 4) is 0 Å². The molecule has 0 saturated carbocycles. The van der Waals surface area contributed by atoms with Crippen molar-refractivity contribution in [2.75, 3.05) is 32.7 Å². The maximum Gasteiger partial charge on any atom is 0.488 e. The molecule has 20 heavy (non-hydrogen) atoms. The van der Waals surface area contributed by atoms with Crippen molar-refractivity contribution in [3.05, 3.63) is 24.3 Å². The molecule has 1 fully saturated rings. The first kappa shape index (κ1) is 15.5. The van der Waals surface area contributed by atoms with E-state index in [0.29, 0.717) is 13.1 Å². The number of nitrogens with zero attached hydrogens (tertiary/aromatic N) is 2. The Morgan fingerprint density at radius 1 is 1.10 bits per heavy atom. The molecular weight excluding hydrogens is 279 g/mol. The quantitative estimate of drug-likeness (QED) is 0.675. The zero-order valence-corrected chi connectivity index (χ0v) is 12.3. The number of likely N-dealkylation sites (N-methyl/N-ethyl adjacent to an activating group) is 1. The molecule has 1 aromatic rings. The van der Waals surface area contributed by atoms with Gasteiger partial charge in [0.1, 0.15) is 0 Å². The molecule has 0 bridgehead atoms. The van der Waals surface area contributed by atoms with E-state index in [1.165, 1.54) is 28.6 Å². The van der Waals surface area contributed by atoms with Gasteiger partial charge in [0, 0.05) is 26.2 Å². The van der Waals surface area contributed by atoms with Gasteiger partial charge in [0.2, 0.25) is 10.0 Å². The molecule has 1 aromatic carbocycles. The van der Waals surface area contributed by atoms with E-state index in [4.69, 9.17) is 10.0 Å². The Balaban J connectivity index is 2.14. The summed E-state index contributed by atoms with van der Waals surface area (Å²) in [7, 11) is -5.08. The summed E-state index contributed by atoms with van der Waals surface area (Å²) in [5.74, 6) is 0. The SMILES string of the molecule is CCN1CCN(S(=O)(=O)c2ccc(B(O)O)cc2)CC1. The molecule has 2 rings (SSSR count). The van der Waals surface area contributed by atoms with Gasteiger partial charge in [-0.1, -0.05) is 19.1 Å².